The molecule has 1 aliphatic heterocycles. The van der Waals surface area contributed by atoms with E-state index in [-0.39, 0.29) is 11.9 Å². The van der Waals surface area contributed by atoms with E-state index in [9.17, 15) is 4.79 Å². The summed E-state index contributed by atoms with van der Waals surface area (Å²) in [5.74, 6) is 3.18. The molecule has 2 saturated carbocycles. The molecule has 4 atom stereocenters. The number of rotatable bonds is 4. The molecule has 4 rings (SSSR count). The summed E-state index contributed by atoms with van der Waals surface area (Å²) in [7, 11) is 0. The Balaban J connectivity index is 1.46. The monoisotopic (exact) mass is 329 g/mol. The molecule has 1 saturated heterocycles. The van der Waals surface area contributed by atoms with Gasteiger partial charge in [-0.1, -0.05) is 6.42 Å². The summed E-state index contributed by atoms with van der Waals surface area (Å²) in [5, 5.41) is 3.27. The number of carbonyl (C=O) groups is 1. The molecule has 0 spiro atoms. The van der Waals surface area contributed by atoms with Crippen molar-refractivity contribution in [1.29, 1.82) is 0 Å². The van der Waals surface area contributed by atoms with Gasteiger partial charge < -0.3 is 15.0 Å². The number of pyridine rings is 1. The highest BCUT2D eigenvalue weighted by molar-refractivity contribution is 5.99. The first-order chi connectivity index (χ1) is 11.7. The van der Waals surface area contributed by atoms with Gasteiger partial charge >= 0.3 is 0 Å². The minimum atomic E-state index is 0.0138. The van der Waals surface area contributed by atoms with Crippen molar-refractivity contribution >= 4 is 11.7 Å². The van der Waals surface area contributed by atoms with Crippen LogP contribution in [0, 0.1) is 17.8 Å². The van der Waals surface area contributed by atoms with Gasteiger partial charge in [0.15, 0.2) is 0 Å². The van der Waals surface area contributed by atoms with Gasteiger partial charge in [-0.2, -0.15) is 0 Å². The molecule has 3 fully saturated rings. The van der Waals surface area contributed by atoms with E-state index in [1.54, 1.807) is 6.20 Å². The lowest BCUT2D eigenvalue weighted by molar-refractivity contribution is 0.0913. The molecule has 2 aliphatic carbocycles. The zero-order chi connectivity index (χ0) is 16.5. The molecule has 2 heterocycles. The van der Waals surface area contributed by atoms with E-state index in [1.807, 2.05) is 12.1 Å². The minimum Gasteiger partial charge on any atom is -0.378 e. The third kappa shape index (κ3) is 3.02. The maximum Gasteiger partial charge on any atom is 0.255 e. The van der Waals surface area contributed by atoms with Crippen molar-refractivity contribution in [3.05, 3.63) is 23.9 Å². The molecule has 4 unspecified atom stereocenters. The third-order valence-electron chi connectivity index (χ3n) is 6.14. The Morgan fingerprint density at radius 1 is 1.33 bits per heavy atom. The first kappa shape index (κ1) is 15.9. The number of hydrogen-bond acceptors (Lipinski definition) is 4. The van der Waals surface area contributed by atoms with Gasteiger partial charge in [0.2, 0.25) is 0 Å². The van der Waals surface area contributed by atoms with E-state index in [0.717, 1.165) is 30.7 Å². The van der Waals surface area contributed by atoms with Crippen LogP contribution >= 0.6 is 0 Å². The van der Waals surface area contributed by atoms with Crippen LogP contribution in [0.15, 0.2) is 18.3 Å². The van der Waals surface area contributed by atoms with E-state index in [4.69, 9.17) is 4.74 Å². The number of nitrogens with one attached hydrogen (secondary N) is 1. The van der Waals surface area contributed by atoms with Crippen molar-refractivity contribution < 1.29 is 9.53 Å². The summed E-state index contributed by atoms with van der Waals surface area (Å²) < 4.78 is 5.41. The predicted octanol–water partition coefficient (Wildman–Crippen LogP) is 2.47. The fourth-order valence-electron chi connectivity index (χ4n) is 4.90. The van der Waals surface area contributed by atoms with E-state index in [0.29, 0.717) is 24.7 Å². The lowest BCUT2D eigenvalue weighted by Crippen LogP contribution is -2.42. The van der Waals surface area contributed by atoms with Crippen LogP contribution in [0.5, 0.6) is 0 Å². The van der Waals surface area contributed by atoms with E-state index >= 15 is 0 Å². The van der Waals surface area contributed by atoms with Gasteiger partial charge in [-0.25, -0.2) is 4.98 Å². The van der Waals surface area contributed by atoms with Crippen LogP contribution in [-0.2, 0) is 4.74 Å². The first-order valence-corrected chi connectivity index (χ1v) is 9.31. The summed E-state index contributed by atoms with van der Waals surface area (Å²) in [4.78, 5) is 19.5. The number of fused-ring (bicyclic) bond motifs is 2. The van der Waals surface area contributed by atoms with Crippen LogP contribution < -0.4 is 10.2 Å². The van der Waals surface area contributed by atoms with Crippen LogP contribution in [-0.4, -0.2) is 43.2 Å². The molecular formula is C19H27N3O2. The van der Waals surface area contributed by atoms with Crippen LogP contribution in [0.4, 0.5) is 5.82 Å². The summed E-state index contributed by atoms with van der Waals surface area (Å²) in [6.45, 7) is 5.14. The van der Waals surface area contributed by atoms with Crippen LogP contribution in [0.25, 0.3) is 0 Å². The highest BCUT2D eigenvalue weighted by Crippen LogP contribution is 2.49. The van der Waals surface area contributed by atoms with Crippen LogP contribution in [0.1, 0.15) is 43.0 Å². The molecule has 0 radical (unpaired) electrons. The van der Waals surface area contributed by atoms with E-state index < -0.39 is 0 Å². The zero-order valence-corrected chi connectivity index (χ0v) is 14.4. The number of carbonyl (C=O) groups excluding carboxylic acids is 1. The highest BCUT2D eigenvalue weighted by atomic mass is 16.5. The largest absolute Gasteiger partial charge is 0.378 e. The Morgan fingerprint density at radius 2 is 2.17 bits per heavy atom. The van der Waals surface area contributed by atoms with Gasteiger partial charge in [0, 0.05) is 25.3 Å². The Labute approximate surface area is 143 Å². The Bertz CT molecular complexity index is 600. The smallest absolute Gasteiger partial charge is 0.255 e. The van der Waals surface area contributed by atoms with Crippen molar-refractivity contribution in [2.45, 2.75) is 38.6 Å². The molecule has 5 heteroatoms. The molecule has 5 nitrogen and oxygen atoms in total. The van der Waals surface area contributed by atoms with Crippen LogP contribution in [0.2, 0.25) is 0 Å². The average molecular weight is 329 g/mol. The molecule has 1 N–H and O–H groups in total. The number of nitrogens with zero attached hydrogens (tertiary/aromatic N) is 2. The quantitative estimate of drug-likeness (QED) is 0.922. The summed E-state index contributed by atoms with van der Waals surface area (Å²) in [6, 6.07) is 3.98. The molecule has 1 aromatic rings. The third-order valence-corrected chi connectivity index (χ3v) is 6.14. The summed E-state index contributed by atoms with van der Waals surface area (Å²) in [5.41, 5.74) is 0.689. The summed E-state index contributed by atoms with van der Waals surface area (Å²) >= 11 is 0. The standard InChI is InChI=1S/C19H27N3O2/c1-13(17-12-14-4-5-15(17)11-14)21-19(23)16-3-2-6-20-18(16)22-7-9-24-10-8-22/h2-3,6,13-15,17H,4-5,7-12H2,1H3,(H,21,23). The van der Waals surface area contributed by atoms with Crippen molar-refractivity contribution in [1.82, 2.24) is 10.3 Å². The predicted molar refractivity (Wildman–Crippen MR) is 93.1 cm³/mol. The molecule has 24 heavy (non-hydrogen) atoms. The molecule has 130 valence electrons. The van der Waals surface area contributed by atoms with Gasteiger partial charge in [-0.3, -0.25) is 4.79 Å². The fraction of sp³-hybridized carbons (Fsp3) is 0.684. The highest BCUT2D eigenvalue weighted by Gasteiger charge is 2.42. The lowest BCUT2D eigenvalue weighted by Gasteiger charge is -2.31. The van der Waals surface area contributed by atoms with Crippen molar-refractivity contribution in [2.24, 2.45) is 17.8 Å². The maximum atomic E-state index is 12.9. The number of ether oxygens (including phenoxy) is 1. The molecule has 0 aromatic carbocycles. The van der Waals surface area contributed by atoms with Gasteiger partial charge in [0.05, 0.1) is 18.8 Å². The minimum absolute atomic E-state index is 0.0138. The topological polar surface area (TPSA) is 54.5 Å². The number of aromatic nitrogens is 1. The number of anilines is 1. The second-order valence-corrected chi connectivity index (χ2v) is 7.57. The average Bonchev–Trinajstić information content (AvgIpc) is 3.26. The van der Waals surface area contributed by atoms with Crippen molar-refractivity contribution in [3.8, 4) is 0 Å². The molecule has 3 aliphatic rings. The van der Waals surface area contributed by atoms with Crippen molar-refractivity contribution in [3.63, 3.8) is 0 Å². The van der Waals surface area contributed by atoms with Crippen LogP contribution in [0.3, 0.4) is 0 Å². The van der Waals surface area contributed by atoms with Gasteiger partial charge in [-0.15, -0.1) is 0 Å². The Kier molecular flexibility index (Phi) is 4.44. The van der Waals surface area contributed by atoms with Gasteiger partial charge in [0.1, 0.15) is 5.82 Å². The molecule has 2 bridgehead atoms. The number of hydrogen-bond donors (Lipinski definition) is 1. The molecule has 1 aromatic heterocycles. The Morgan fingerprint density at radius 3 is 2.88 bits per heavy atom. The molecular weight excluding hydrogens is 302 g/mol. The lowest BCUT2D eigenvalue weighted by atomic mass is 9.84. The summed E-state index contributed by atoms with van der Waals surface area (Å²) in [6.07, 6.45) is 7.17. The van der Waals surface area contributed by atoms with E-state index in [2.05, 4.69) is 22.1 Å². The van der Waals surface area contributed by atoms with Gasteiger partial charge in [-0.05, 0) is 56.1 Å². The molecule has 1 amide bonds. The normalized spacial score (nSPS) is 30.4. The maximum absolute atomic E-state index is 12.9. The second kappa shape index (κ2) is 6.71. The van der Waals surface area contributed by atoms with Gasteiger partial charge in [0.25, 0.3) is 5.91 Å². The fourth-order valence-corrected chi connectivity index (χ4v) is 4.90. The second-order valence-electron chi connectivity index (χ2n) is 7.57. The number of amides is 1. The SMILES string of the molecule is CC(NC(=O)c1cccnc1N1CCOCC1)C1CC2CCC1C2. The Hall–Kier alpha value is -1.62. The number of morpholine rings is 1. The van der Waals surface area contributed by atoms with Crippen molar-refractivity contribution in [2.75, 3.05) is 31.2 Å². The van der Waals surface area contributed by atoms with E-state index in [1.165, 1.54) is 25.7 Å². The first-order valence-electron chi connectivity index (χ1n) is 9.31. The zero-order valence-electron chi connectivity index (χ0n) is 14.4.